The largest absolute Gasteiger partial charge is 0.330 e. The maximum atomic E-state index is 5.61. The molecule has 2 rings (SSSR count). The van der Waals surface area contributed by atoms with Crippen LogP contribution in [0.1, 0.15) is 32.0 Å². The van der Waals surface area contributed by atoms with Crippen molar-refractivity contribution in [3.8, 4) is 0 Å². The highest BCUT2D eigenvalue weighted by molar-refractivity contribution is 5.49. The van der Waals surface area contributed by atoms with Crippen molar-refractivity contribution in [2.24, 2.45) is 5.73 Å². The fourth-order valence-electron chi connectivity index (χ4n) is 1.78. The molecule has 0 aliphatic rings. The molecule has 3 heteroatoms. The van der Waals surface area contributed by atoms with Crippen LogP contribution in [0.15, 0.2) is 24.5 Å². The van der Waals surface area contributed by atoms with Gasteiger partial charge < -0.3 is 10.1 Å². The number of rotatable bonds is 2. The quantitative estimate of drug-likeness (QED) is 0.837. The van der Waals surface area contributed by atoms with Crippen molar-refractivity contribution < 1.29 is 0 Å². The minimum atomic E-state index is 0.0893. The van der Waals surface area contributed by atoms with Crippen LogP contribution in [-0.4, -0.2) is 15.9 Å². The van der Waals surface area contributed by atoms with Gasteiger partial charge in [-0.05, 0) is 24.6 Å². The molecule has 0 saturated heterocycles. The summed E-state index contributed by atoms with van der Waals surface area (Å²) in [7, 11) is 0. The second-order valence-corrected chi connectivity index (χ2v) is 5.18. The van der Waals surface area contributed by atoms with Gasteiger partial charge in [-0.2, -0.15) is 0 Å². The van der Waals surface area contributed by atoms with E-state index >= 15 is 0 Å². The highest BCUT2D eigenvalue weighted by atomic mass is 15.0. The van der Waals surface area contributed by atoms with Crippen molar-refractivity contribution in [3.05, 3.63) is 35.8 Å². The lowest BCUT2D eigenvalue weighted by Crippen LogP contribution is -2.11. The lowest BCUT2D eigenvalue weighted by atomic mass is 9.93. The van der Waals surface area contributed by atoms with Crippen LogP contribution in [0.4, 0.5) is 0 Å². The van der Waals surface area contributed by atoms with Crippen molar-refractivity contribution in [2.75, 3.05) is 6.54 Å². The Morgan fingerprint density at radius 3 is 2.75 bits per heavy atom. The summed E-state index contributed by atoms with van der Waals surface area (Å²) >= 11 is 0. The molecule has 16 heavy (non-hydrogen) atoms. The van der Waals surface area contributed by atoms with E-state index in [-0.39, 0.29) is 5.41 Å². The Bertz CT molecular complexity index is 491. The molecule has 0 atom stereocenters. The zero-order valence-corrected chi connectivity index (χ0v) is 10.2. The summed E-state index contributed by atoms with van der Waals surface area (Å²) in [4.78, 5) is 4.71. The Morgan fingerprint density at radius 1 is 1.38 bits per heavy atom. The fraction of sp³-hybridized carbons (Fsp3) is 0.462. The molecule has 2 heterocycles. The molecule has 0 unspecified atom stereocenters. The third-order valence-corrected chi connectivity index (χ3v) is 2.75. The summed E-state index contributed by atoms with van der Waals surface area (Å²) in [5, 5.41) is 0. The number of imidazole rings is 1. The molecule has 0 aliphatic heterocycles. The van der Waals surface area contributed by atoms with E-state index in [2.05, 4.69) is 37.4 Å². The van der Waals surface area contributed by atoms with E-state index in [1.165, 1.54) is 5.56 Å². The van der Waals surface area contributed by atoms with Crippen LogP contribution in [-0.2, 0) is 11.8 Å². The Kier molecular flexibility index (Phi) is 2.72. The summed E-state index contributed by atoms with van der Waals surface area (Å²) < 4.78 is 2.09. The van der Waals surface area contributed by atoms with Gasteiger partial charge in [0.05, 0.1) is 5.69 Å². The van der Waals surface area contributed by atoms with E-state index in [1.54, 1.807) is 0 Å². The SMILES string of the molecule is CC(C)(C)c1cn2cccc(CCN)c2n1. The van der Waals surface area contributed by atoms with E-state index in [4.69, 9.17) is 10.7 Å². The normalized spacial score (nSPS) is 12.2. The second kappa shape index (κ2) is 3.91. The van der Waals surface area contributed by atoms with Gasteiger partial charge >= 0.3 is 0 Å². The summed E-state index contributed by atoms with van der Waals surface area (Å²) in [6.07, 6.45) is 5.03. The predicted molar refractivity (Wildman–Crippen MR) is 66.7 cm³/mol. The number of fused-ring (bicyclic) bond motifs is 1. The molecular weight excluding hydrogens is 198 g/mol. The molecule has 86 valence electrons. The Balaban J connectivity index is 2.57. The molecule has 3 nitrogen and oxygen atoms in total. The third kappa shape index (κ3) is 1.95. The first-order valence-electron chi connectivity index (χ1n) is 5.69. The predicted octanol–water partition coefficient (Wildman–Crippen LogP) is 2.13. The lowest BCUT2D eigenvalue weighted by molar-refractivity contribution is 0.573. The average molecular weight is 217 g/mol. The smallest absolute Gasteiger partial charge is 0.140 e. The van der Waals surface area contributed by atoms with Gasteiger partial charge in [-0.15, -0.1) is 0 Å². The Hall–Kier alpha value is -1.35. The molecule has 0 aliphatic carbocycles. The van der Waals surface area contributed by atoms with Gasteiger partial charge in [0.2, 0.25) is 0 Å². The number of hydrogen-bond acceptors (Lipinski definition) is 2. The summed E-state index contributed by atoms with van der Waals surface area (Å²) in [5.41, 5.74) is 9.08. The van der Waals surface area contributed by atoms with Crippen molar-refractivity contribution in [1.82, 2.24) is 9.38 Å². The van der Waals surface area contributed by atoms with Crippen molar-refractivity contribution in [1.29, 1.82) is 0 Å². The van der Waals surface area contributed by atoms with Gasteiger partial charge in [0, 0.05) is 17.8 Å². The van der Waals surface area contributed by atoms with Crippen LogP contribution in [0.2, 0.25) is 0 Å². The first kappa shape index (κ1) is 11.1. The van der Waals surface area contributed by atoms with Crippen LogP contribution >= 0.6 is 0 Å². The summed E-state index contributed by atoms with van der Waals surface area (Å²) in [6, 6.07) is 4.15. The topological polar surface area (TPSA) is 43.3 Å². The molecule has 0 fully saturated rings. The maximum Gasteiger partial charge on any atom is 0.140 e. The number of hydrogen-bond donors (Lipinski definition) is 1. The highest BCUT2D eigenvalue weighted by Crippen LogP contribution is 2.22. The molecule has 0 spiro atoms. The van der Waals surface area contributed by atoms with E-state index in [0.717, 1.165) is 17.8 Å². The number of pyridine rings is 1. The number of nitrogens with zero attached hydrogens (tertiary/aromatic N) is 2. The van der Waals surface area contributed by atoms with E-state index in [0.29, 0.717) is 6.54 Å². The van der Waals surface area contributed by atoms with Crippen LogP contribution in [0.5, 0.6) is 0 Å². The molecule has 0 radical (unpaired) electrons. The third-order valence-electron chi connectivity index (χ3n) is 2.75. The molecule has 2 N–H and O–H groups in total. The first-order valence-corrected chi connectivity index (χ1v) is 5.69. The Morgan fingerprint density at radius 2 is 2.12 bits per heavy atom. The molecule has 2 aromatic heterocycles. The van der Waals surface area contributed by atoms with E-state index < -0.39 is 0 Å². The molecule has 0 bridgehead atoms. The molecule has 2 aromatic rings. The van der Waals surface area contributed by atoms with Crippen LogP contribution < -0.4 is 5.73 Å². The van der Waals surface area contributed by atoms with Gasteiger partial charge in [-0.3, -0.25) is 0 Å². The van der Waals surface area contributed by atoms with Crippen LogP contribution in [0, 0.1) is 0 Å². The van der Waals surface area contributed by atoms with Gasteiger partial charge in [0.25, 0.3) is 0 Å². The number of nitrogens with two attached hydrogens (primary N) is 1. The molecule has 0 aromatic carbocycles. The zero-order valence-electron chi connectivity index (χ0n) is 10.2. The minimum absolute atomic E-state index is 0.0893. The van der Waals surface area contributed by atoms with Crippen molar-refractivity contribution in [3.63, 3.8) is 0 Å². The second-order valence-electron chi connectivity index (χ2n) is 5.18. The van der Waals surface area contributed by atoms with Crippen molar-refractivity contribution >= 4 is 5.65 Å². The molecular formula is C13H19N3. The minimum Gasteiger partial charge on any atom is -0.330 e. The number of aromatic nitrogens is 2. The molecule has 0 amide bonds. The maximum absolute atomic E-state index is 5.61. The van der Waals surface area contributed by atoms with Crippen LogP contribution in [0.25, 0.3) is 5.65 Å². The van der Waals surface area contributed by atoms with Gasteiger partial charge in [0.15, 0.2) is 0 Å². The van der Waals surface area contributed by atoms with E-state index in [9.17, 15) is 0 Å². The fourth-order valence-corrected chi connectivity index (χ4v) is 1.78. The van der Waals surface area contributed by atoms with Gasteiger partial charge in [-0.25, -0.2) is 4.98 Å². The van der Waals surface area contributed by atoms with Crippen LogP contribution in [0.3, 0.4) is 0 Å². The van der Waals surface area contributed by atoms with Crippen molar-refractivity contribution in [2.45, 2.75) is 32.6 Å². The molecule has 0 saturated carbocycles. The lowest BCUT2D eigenvalue weighted by Gasteiger charge is -2.13. The highest BCUT2D eigenvalue weighted by Gasteiger charge is 2.18. The summed E-state index contributed by atoms with van der Waals surface area (Å²) in [5.74, 6) is 0. The van der Waals surface area contributed by atoms with Gasteiger partial charge in [0.1, 0.15) is 5.65 Å². The average Bonchev–Trinajstić information content (AvgIpc) is 2.62. The zero-order chi connectivity index (χ0) is 11.8. The Labute approximate surface area is 96.3 Å². The first-order chi connectivity index (χ1) is 7.52. The van der Waals surface area contributed by atoms with E-state index in [1.807, 2.05) is 12.3 Å². The summed E-state index contributed by atoms with van der Waals surface area (Å²) in [6.45, 7) is 7.20. The standard InChI is InChI=1S/C13H19N3/c1-13(2,3)11-9-16-8-4-5-10(6-7-14)12(16)15-11/h4-5,8-9H,6-7,14H2,1-3H3. The monoisotopic (exact) mass is 217 g/mol. The van der Waals surface area contributed by atoms with Gasteiger partial charge in [-0.1, -0.05) is 26.8 Å².